The van der Waals surface area contributed by atoms with Crippen molar-refractivity contribution in [3.8, 4) is 5.75 Å². The second-order valence-corrected chi connectivity index (χ2v) is 3.54. The Labute approximate surface area is 93.5 Å². The van der Waals surface area contributed by atoms with E-state index in [9.17, 15) is 0 Å². The van der Waals surface area contributed by atoms with Gasteiger partial charge in [-0.3, -0.25) is 0 Å². The van der Waals surface area contributed by atoms with Gasteiger partial charge in [0.1, 0.15) is 11.5 Å². The minimum atomic E-state index is 0.648. The van der Waals surface area contributed by atoms with Crippen molar-refractivity contribution in [2.45, 2.75) is 13.3 Å². The number of aromatic nitrogens is 1. The van der Waals surface area contributed by atoms with Gasteiger partial charge < -0.3 is 14.9 Å². The van der Waals surface area contributed by atoms with Gasteiger partial charge >= 0.3 is 0 Å². The Hall–Kier alpha value is -1.97. The van der Waals surface area contributed by atoms with Crippen molar-refractivity contribution < 1.29 is 9.94 Å². The van der Waals surface area contributed by atoms with E-state index in [1.54, 1.807) is 7.11 Å². The maximum Gasteiger partial charge on any atom is 0.119 e. The Balaban J connectivity index is 2.51. The van der Waals surface area contributed by atoms with Crippen LogP contribution >= 0.6 is 0 Å². The summed E-state index contributed by atoms with van der Waals surface area (Å²) >= 11 is 0. The fraction of sp³-hybridized carbons (Fsp3) is 0.250. The van der Waals surface area contributed by atoms with Crippen molar-refractivity contribution in [2.75, 3.05) is 7.11 Å². The average molecular weight is 218 g/mol. The molecule has 1 aromatic carbocycles. The third-order valence-electron chi connectivity index (χ3n) is 2.59. The van der Waals surface area contributed by atoms with E-state index in [1.807, 2.05) is 31.2 Å². The third kappa shape index (κ3) is 1.74. The predicted octanol–water partition coefficient (Wildman–Crippen LogP) is 2.76. The van der Waals surface area contributed by atoms with Gasteiger partial charge in [0.25, 0.3) is 0 Å². The number of benzene rings is 1. The first-order chi connectivity index (χ1) is 7.78. The van der Waals surface area contributed by atoms with Crippen LogP contribution in [-0.4, -0.2) is 23.0 Å². The molecule has 1 heterocycles. The largest absolute Gasteiger partial charge is 0.497 e. The van der Waals surface area contributed by atoms with Gasteiger partial charge in [-0.25, -0.2) is 0 Å². The lowest BCUT2D eigenvalue weighted by atomic mass is 10.2. The van der Waals surface area contributed by atoms with Gasteiger partial charge in [0.05, 0.1) is 12.8 Å². The van der Waals surface area contributed by atoms with Crippen LogP contribution in [-0.2, 0) is 0 Å². The van der Waals surface area contributed by atoms with Crippen LogP contribution in [0.1, 0.15) is 19.0 Å². The topological polar surface area (TPSA) is 57.6 Å². The van der Waals surface area contributed by atoms with Gasteiger partial charge in [0.15, 0.2) is 0 Å². The monoisotopic (exact) mass is 218 g/mol. The van der Waals surface area contributed by atoms with Crippen LogP contribution in [0.4, 0.5) is 0 Å². The molecule has 1 aromatic heterocycles. The lowest BCUT2D eigenvalue weighted by Gasteiger charge is -1.97. The maximum absolute atomic E-state index is 8.85. The van der Waals surface area contributed by atoms with Crippen LogP contribution < -0.4 is 4.74 Å². The molecule has 2 rings (SSSR count). The molecule has 4 heteroatoms. The molecule has 2 aromatic rings. The molecule has 0 bridgehead atoms. The fourth-order valence-corrected chi connectivity index (χ4v) is 1.71. The molecule has 84 valence electrons. The summed E-state index contributed by atoms with van der Waals surface area (Å²) in [6.45, 7) is 1.95. The molecular weight excluding hydrogens is 204 g/mol. The summed E-state index contributed by atoms with van der Waals surface area (Å²) in [6, 6.07) is 7.74. The third-order valence-corrected chi connectivity index (χ3v) is 2.59. The fourth-order valence-electron chi connectivity index (χ4n) is 1.71. The van der Waals surface area contributed by atoms with E-state index in [0.29, 0.717) is 12.1 Å². The summed E-state index contributed by atoms with van der Waals surface area (Å²) in [6.07, 6.45) is 0.681. The summed E-state index contributed by atoms with van der Waals surface area (Å²) in [5.74, 6) is 0.817. The molecule has 0 spiro atoms. The lowest BCUT2D eigenvalue weighted by molar-refractivity contribution is 0.318. The summed E-state index contributed by atoms with van der Waals surface area (Å²) in [4.78, 5) is 3.20. The first-order valence-electron chi connectivity index (χ1n) is 5.16. The number of rotatable bonds is 3. The molecule has 0 amide bonds. The number of ether oxygens (including phenoxy) is 1. The molecule has 0 aliphatic heterocycles. The van der Waals surface area contributed by atoms with Crippen LogP contribution in [0, 0.1) is 0 Å². The second kappa shape index (κ2) is 4.26. The van der Waals surface area contributed by atoms with Gasteiger partial charge in [-0.15, -0.1) is 0 Å². The van der Waals surface area contributed by atoms with E-state index in [0.717, 1.165) is 22.3 Å². The van der Waals surface area contributed by atoms with Crippen molar-refractivity contribution in [1.29, 1.82) is 0 Å². The molecule has 4 nitrogen and oxygen atoms in total. The molecular formula is C12H14N2O2. The number of nitrogens with one attached hydrogen (secondary N) is 1. The second-order valence-electron chi connectivity index (χ2n) is 3.54. The number of oxime groups is 1. The van der Waals surface area contributed by atoms with Gasteiger partial charge in [-0.05, 0) is 30.7 Å². The van der Waals surface area contributed by atoms with Crippen LogP contribution in [0.15, 0.2) is 29.4 Å². The average Bonchev–Trinajstić information content (AvgIpc) is 2.72. The number of aromatic amines is 1. The molecule has 0 aliphatic rings. The minimum Gasteiger partial charge on any atom is -0.497 e. The van der Waals surface area contributed by atoms with E-state index in [-0.39, 0.29) is 0 Å². The highest BCUT2D eigenvalue weighted by atomic mass is 16.5. The Morgan fingerprint density at radius 1 is 1.44 bits per heavy atom. The highest BCUT2D eigenvalue weighted by Gasteiger charge is 2.06. The van der Waals surface area contributed by atoms with Gasteiger partial charge in [0, 0.05) is 10.9 Å². The Kier molecular flexibility index (Phi) is 2.81. The highest BCUT2D eigenvalue weighted by molar-refractivity contribution is 6.02. The number of hydrogen-bond acceptors (Lipinski definition) is 3. The summed E-state index contributed by atoms with van der Waals surface area (Å²) in [7, 11) is 1.64. The SMILES string of the molecule is CC/C(=N\O)c1cc2cc(OC)ccc2[nH]1. The predicted molar refractivity (Wildman–Crippen MR) is 63.5 cm³/mol. The van der Waals surface area contributed by atoms with Gasteiger partial charge in [0.2, 0.25) is 0 Å². The normalized spacial score (nSPS) is 12.0. The number of H-pyrrole nitrogens is 1. The zero-order valence-electron chi connectivity index (χ0n) is 9.32. The van der Waals surface area contributed by atoms with E-state index >= 15 is 0 Å². The smallest absolute Gasteiger partial charge is 0.119 e. The maximum atomic E-state index is 8.85. The van der Waals surface area contributed by atoms with Crippen molar-refractivity contribution >= 4 is 16.6 Å². The van der Waals surface area contributed by atoms with Crippen molar-refractivity contribution in [1.82, 2.24) is 4.98 Å². The molecule has 16 heavy (non-hydrogen) atoms. The molecule has 0 saturated heterocycles. The highest BCUT2D eigenvalue weighted by Crippen LogP contribution is 2.22. The van der Waals surface area contributed by atoms with E-state index in [4.69, 9.17) is 9.94 Å². The Morgan fingerprint density at radius 3 is 2.88 bits per heavy atom. The molecule has 0 radical (unpaired) electrons. The molecule has 0 aliphatic carbocycles. The number of nitrogens with zero attached hydrogens (tertiary/aromatic N) is 1. The zero-order valence-corrected chi connectivity index (χ0v) is 9.32. The number of fused-ring (bicyclic) bond motifs is 1. The van der Waals surface area contributed by atoms with Crippen LogP contribution in [0.3, 0.4) is 0 Å². The molecule has 0 unspecified atom stereocenters. The van der Waals surface area contributed by atoms with Crippen molar-refractivity contribution in [2.24, 2.45) is 5.16 Å². The Bertz CT molecular complexity index is 529. The summed E-state index contributed by atoms with van der Waals surface area (Å²) in [5, 5.41) is 13.2. The summed E-state index contributed by atoms with van der Waals surface area (Å²) in [5.41, 5.74) is 2.49. The Morgan fingerprint density at radius 2 is 2.25 bits per heavy atom. The first kappa shape index (κ1) is 10.5. The van der Waals surface area contributed by atoms with E-state index in [2.05, 4.69) is 10.1 Å². The quantitative estimate of drug-likeness (QED) is 0.473. The van der Waals surface area contributed by atoms with Crippen molar-refractivity contribution in [3.05, 3.63) is 30.0 Å². The van der Waals surface area contributed by atoms with Crippen LogP contribution in [0.2, 0.25) is 0 Å². The molecule has 0 fully saturated rings. The number of methoxy groups -OCH3 is 1. The van der Waals surface area contributed by atoms with Crippen molar-refractivity contribution in [3.63, 3.8) is 0 Å². The van der Waals surface area contributed by atoms with Gasteiger partial charge in [-0.1, -0.05) is 12.1 Å². The van der Waals surface area contributed by atoms with E-state index < -0.39 is 0 Å². The minimum absolute atomic E-state index is 0.648. The first-order valence-corrected chi connectivity index (χ1v) is 5.16. The molecule has 0 atom stereocenters. The van der Waals surface area contributed by atoms with Crippen LogP contribution in [0.25, 0.3) is 10.9 Å². The molecule has 0 saturated carbocycles. The summed E-state index contributed by atoms with van der Waals surface area (Å²) < 4.78 is 5.15. The lowest BCUT2D eigenvalue weighted by Crippen LogP contribution is -1.98. The van der Waals surface area contributed by atoms with Crippen LogP contribution in [0.5, 0.6) is 5.75 Å². The van der Waals surface area contributed by atoms with E-state index in [1.165, 1.54) is 0 Å². The standard InChI is InChI=1S/C12H14N2O2/c1-3-10(14-15)12-7-8-6-9(16-2)4-5-11(8)13-12/h4-7,13,15H,3H2,1-2H3/b14-10+. The zero-order chi connectivity index (χ0) is 11.5. The molecule has 2 N–H and O–H groups in total. The number of hydrogen-bond donors (Lipinski definition) is 2. The van der Waals surface area contributed by atoms with Gasteiger partial charge in [-0.2, -0.15) is 0 Å².